The fourth-order valence-electron chi connectivity index (χ4n) is 2.48. The molecule has 0 saturated carbocycles. The number of rotatable bonds is 9. The molecular weight excluding hydrogens is 305 g/mol. The first-order chi connectivity index (χ1) is 11.7. The number of hydrogen-bond donors (Lipinski definition) is 1. The molecule has 4 heteroatoms. The van der Waals surface area contributed by atoms with Gasteiger partial charge in [0.25, 0.3) is 0 Å². The molecule has 2 aromatic carbocycles. The van der Waals surface area contributed by atoms with Crippen molar-refractivity contribution in [3.8, 4) is 12.3 Å². The van der Waals surface area contributed by atoms with Crippen LogP contribution in [0.2, 0.25) is 0 Å². The second kappa shape index (κ2) is 9.84. The summed E-state index contributed by atoms with van der Waals surface area (Å²) in [7, 11) is 0. The Balaban J connectivity index is 2.00. The highest BCUT2D eigenvalue weighted by molar-refractivity contribution is 5.17. The lowest BCUT2D eigenvalue weighted by Crippen LogP contribution is -2.34. The molecule has 0 fully saturated rings. The van der Waals surface area contributed by atoms with Crippen molar-refractivity contribution in [2.75, 3.05) is 19.8 Å². The van der Waals surface area contributed by atoms with Gasteiger partial charge in [-0.2, -0.15) is 0 Å². The normalized spacial score (nSPS) is 12.1. The molecule has 2 rings (SSSR count). The fourth-order valence-corrected chi connectivity index (χ4v) is 2.48. The Morgan fingerprint density at radius 3 is 2.29 bits per heavy atom. The molecule has 1 atom stereocenters. The van der Waals surface area contributed by atoms with Gasteiger partial charge in [-0.05, 0) is 23.3 Å². The molecule has 1 N–H and O–H groups in total. The van der Waals surface area contributed by atoms with Crippen molar-refractivity contribution in [1.82, 2.24) is 4.90 Å². The van der Waals surface area contributed by atoms with Crippen LogP contribution in [0.5, 0.6) is 0 Å². The number of halogens is 1. The average Bonchev–Trinajstić information content (AvgIpc) is 2.58. The van der Waals surface area contributed by atoms with E-state index in [0.717, 1.165) is 11.1 Å². The molecule has 0 saturated heterocycles. The van der Waals surface area contributed by atoms with Crippen LogP contribution in [0.4, 0.5) is 4.39 Å². The second-order valence-electron chi connectivity index (χ2n) is 5.65. The van der Waals surface area contributed by atoms with Crippen LogP contribution in [-0.4, -0.2) is 35.9 Å². The van der Waals surface area contributed by atoms with Crippen LogP contribution < -0.4 is 0 Å². The lowest BCUT2D eigenvalue weighted by molar-refractivity contribution is 0.0243. The Labute approximate surface area is 142 Å². The summed E-state index contributed by atoms with van der Waals surface area (Å²) in [5.74, 6) is 2.13. The number of terminal acetylenes is 1. The zero-order chi connectivity index (χ0) is 17.2. The molecule has 2 aromatic rings. The minimum Gasteiger partial charge on any atom is -0.389 e. The quantitative estimate of drug-likeness (QED) is 0.568. The predicted octanol–water partition coefficient (Wildman–Crippen LogP) is 2.84. The van der Waals surface area contributed by atoms with Crippen LogP contribution in [-0.2, 0) is 17.8 Å². The molecule has 0 radical (unpaired) electrons. The van der Waals surface area contributed by atoms with Gasteiger partial charge in [-0.1, -0.05) is 48.4 Å². The maximum Gasteiger partial charge on any atom is 0.123 e. The zero-order valence-corrected chi connectivity index (χ0v) is 13.6. The van der Waals surface area contributed by atoms with Crippen molar-refractivity contribution in [1.29, 1.82) is 0 Å². The third kappa shape index (κ3) is 6.51. The molecule has 0 aliphatic rings. The number of aliphatic hydroxyl groups is 1. The summed E-state index contributed by atoms with van der Waals surface area (Å²) in [6.07, 6.45) is 4.50. The maximum atomic E-state index is 13.1. The second-order valence-corrected chi connectivity index (χ2v) is 5.65. The van der Waals surface area contributed by atoms with Crippen molar-refractivity contribution in [2.45, 2.75) is 19.2 Å². The smallest absolute Gasteiger partial charge is 0.123 e. The van der Waals surface area contributed by atoms with E-state index in [1.165, 1.54) is 12.1 Å². The lowest BCUT2D eigenvalue weighted by atomic mass is 10.1. The highest BCUT2D eigenvalue weighted by Gasteiger charge is 2.13. The van der Waals surface area contributed by atoms with Gasteiger partial charge in [-0.25, -0.2) is 4.39 Å². The number of ether oxygens (including phenoxy) is 1. The van der Waals surface area contributed by atoms with E-state index >= 15 is 0 Å². The molecule has 1 unspecified atom stereocenters. The summed E-state index contributed by atoms with van der Waals surface area (Å²) in [5.41, 5.74) is 2.14. The van der Waals surface area contributed by atoms with Crippen molar-refractivity contribution >= 4 is 0 Å². The van der Waals surface area contributed by atoms with Crippen LogP contribution in [0.25, 0.3) is 0 Å². The molecule has 0 spiro atoms. The van der Waals surface area contributed by atoms with Crippen LogP contribution in [0.15, 0.2) is 54.6 Å². The minimum atomic E-state index is -0.637. The molecule has 0 aromatic heterocycles. The Morgan fingerprint density at radius 1 is 1.04 bits per heavy atom. The summed E-state index contributed by atoms with van der Waals surface area (Å²) >= 11 is 0. The van der Waals surface area contributed by atoms with Crippen molar-refractivity contribution in [3.63, 3.8) is 0 Å². The van der Waals surface area contributed by atoms with E-state index in [1.807, 2.05) is 30.3 Å². The first-order valence-corrected chi connectivity index (χ1v) is 7.87. The molecule has 126 valence electrons. The molecule has 0 amide bonds. The van der Waals surface area contributed by atoms with Gasteiger partial charge in [-0.3, -0.25) is 4.90 Å². The number of hydrogen-bond acceptors (Lipinski definition) is 3. The Kier molecular flexibility index (Phi) is 7.44. The van der Waals surface area contributed by atoms with E-state index in [0.29, 0.717) is 19.6 Å². The third-order valence-electron chi connectivity index (χ3n) is 3.53. The van der Waals surface area contributed by atoms with Gasteiger partial charge in [-0.15, -0.1) is 6.42 Å². The first-order valence-electron chi connectivity index (χ1n) is 7.87. The van der Waals surface area contributed by atoms with Crippen LogP contribution in [0, 0.1) is 18.2 Å². The summed E-state index contributed by atoms with van der Waals surface area (Å²) in [6, 6.07) is 16.4. The standard InChI is InChI=1S/C20H22FNO2/c1-2-12-24-16-20(23)15-22(13-17-6-4-3-5-7-17)14-18-8-10-19(21)11-9-18/h1,3-11,20,23H,12-16H2. The summed E-state index contributed by atoms with van der Waals surface area (Å²) < 4.78 is 18.3. The monoisotopic (exact) mass is 327 g/mol. The van der Waals surface area contributed by atoms with Gasteiger partial charge in [0.1, 0.15) is 12.4 Å². The summed E-state index contributed by atoms with van der Waals surface area (Å²) in [4.78, 5) is 2.10. The molecule has 0 aliphatic heterocycles. The Morgan fingerprint density at radius 2 is 1.67 bits per heavy atom. The number of aliphatic hydroxyl groups excluding tert-OH is 1. The average molecular weight is 327 g/mol. The maximum absolute atomic E-state index is 13.1. The van der Waals surface area contributed by atoms with E-state index in [-0.39, 0.29) is 19.0 Å². The van der Waals surface area contributed by atoms with Crippen molar-refractivity contribution < 1.29 is 14.2 Å². The summed E-state index contributed by atoms with van der Waals surface area (Å²) in [6.45, 7) is 2.12. The molecule has 0 heterocycles. The Hall–Kier alpha value is -2.19. The molecular formula is C20H22FNO2. The van der Waals surface area contributed by atoms with Crippen molar-refractivity contribution in [2.24, 2.45) is 0 Å². The largest absolute Gasteiger partial charge is 0.389 e. The molecule has 0 bridgehead atoms. The molecule has 24 heavy (non-hydrogen) atoms. The van der Waals surface area contributed by atoms with Crippen LogP contribution >= 0.6 is 0 Å². The highest BCUT2D eigenvalue weighted by Crippen LogP contribution is 2.12. The van der Waals surface area contributed by atoms with Gasteiger partial charge in [0, 0.05) is 19.6 Å². The van der Waals surface area contributed by atoms with Gasteiger partial charge in [0.2, 0.25) is 0 Å². The lowest BCUT2D eigenvalue weighted by Gasteiger charge is -2.25. The third-order valence-corrected chi connectivity index (χ3v) is 3.53. The van der Waals surface area contributed by atoms with E-state index in [2.05, 4.69) is 10.8 Å². The fraction of sp³-hybridized carbons (Fsp3) is 0.300. The van der Waals surface area contributed by atoms with E-state index in [4.69, 9.17) is 11.2 Å². The Bertz CT molecular complexity index is 637. The zero-order valence-electron chi connectivity index (χ0n) is 13.6. The van der Waals surface area contributed by atoms with Gasteiger partial charge in [0.15, 0.2) is 0 Å². The minimum absolute atomic E-state index is 0.188. The van der Waals surface area contributed by atoms with E-state index < -0.39 is 6.10 Å². The number of nitrogens with zero attached hydrogens (tertiary/aromatic N) is 1. The number of benzene rings is 2. The van der Waals surface area contributed by atoms with Gasteiger partial charge in [0.05, 0.1) is 12.7 Å². The van der Waals surface area contributed by atoms with Crippen molar-refractivity contribution in [3.05, 3.63) is 71.5 Å². The van der Waals surface area contributed by atoms with E-state index in [1.54, 1.807) is 12.1 Å². The van der Waals surface area contributed by atoms with Crippen LogP contribution in [0.1, 0.15) is 11.1 Å². The highest BCUT2D eigenvalue weighted by atomic mass is 19.1. The van der Waals surface area contributed by atoms with Crippen LogP contribution in [0.3, 0.4) is 0 Å². The van der Waals surface area contributed by atoms with E-state index in [9.17, 15) is 9.50 Å². The molecule has 3 nitrogen and oxygen atoms in total. The summed E-state index contributed by atoms with van der Waals surface area (Å²) in [5, 5.41) is 10.2. The predicted molar refractivity (Wildman–Crippen MR) is 92.6 cm³/mol. The topological polar surface area (TPSA) is 32.7 Å². The SMILES string of the molecule is C#CCOCC(O)CN(Cc1ccccc1)Cc1ccc(F)cc1. The molecule has 0 aliphatic carbocycles. The van der Waals surface area contributed by atoms with Gasteiger partial charge >= 0.3 is 0 Å². The first kappa shape index (κ1) is 18.2. The van der Waals surface area contributed by atoms with Gasteiger partial charge < -0.3 is 9.84 Å².